The van der Waals surface area contributed by atoms with Crippen LogP contribution in [0.1, 0.15) is 5.56 Å². The zero-order chi connectivity index (χ0) is 13.4. The van der Waals surface area contributed by atoms with E-state index < -0.39 is 11.6 Å². The summed E-state index contributed by atoms with van der Waals surface area (Å²) in [6, 6.07) is 10.7. The Morgan fingerprint density at radius 3 is 2.79 bits per heavy atom. The van der Waals surface area contributed by atoms with Gasteiger partial charge < -0.3 is 4.98 Å². The highest BCUT2D eigenvalue weighted by Crippen LogP contribution is 2.23. The van der Waals surface area contributed by atoms with Crippen LogP contribution < -0.4 is 0 Å². The SMILES string of the molecule is N#Cc1cccc(-c2nc3c(F)cc(F)cc3[nH]2)c1. The molecule has 0 atom stereocenters. The van der Waals surface area contributed by atoms with Gasteiger partial charge in [0.2, 0.25) is 0 Å². The molecule has 0 aliphatic rings. The number of fused-ring (bicyclic) bond motifs is 1. The van der Waals surface area contributed by atoms with Gasteiger partial charge in [0.05, 0.1) is 17.1 Å². The standard InChI is InChI=1S/C14H7F2N3/c15-10-5-11(16)13-12(6-10)18-14(19-13)9-3-1-2-8(4-9)7-17/h1-6H,(H,18,19). The van der Waals surface area contributed by atoms with Gasteiger partial charge >= 0.3 is 0 Å². The first-order chi connectivity index (χ1) is 9.17. The molecule has 19 heavy (non-hydrogen) atoms. The van der Waals surface area contributed by atoms with Crippen LogP contribution in [0.3, 0.4) is 0 Å². The van der Waals surface area contributed by atoms with Crippen molar-refractivity contribution >= 4 is 11.0 Å². The molecule has 0 aliphatic carbocycles. The summed E-state index contributed by atoms with van der Waals surface area (Å²) in [6.45, 7) is 0. The number of imidazole rings is 1. The van der Waals surface area contributed by atoms with Gasteiger partial charge in [-0.15, -0.1) is 0 Å². The molecule has 1 aromatic heterocycles. The summed E-state index contributed by atoms with van der Waals surface area (Å²) in [6.07, 6.45) is 0. The molecule has 3 rings (SSSR count). The van der Waals surface area contributed by atoms with Crippen LogP contribution in [0.4, 0.5) is 8.78 Å². The van der Waals surface area contributed by atoms with Gasteiger partial charge in [-0.1, -0.05) is 12.1 Å². The molecule has 0 bridgehead atoms. The molecule has 92 valence electrons. The number of H-pyrrole nitrogens is 1. The molecule has 0 aliphatic heterocycles. The highest BCUT2D eigenvalue weighted by atomic mass is 19.1. The number of benzene rings is 2. The van der Waals surface area contributed by atoms with Gasteiger partial charge in [-0.25, -0.2) is 13.8 Å². The highest BCUT2D eigenvalue weighted by Gasteiger charge is 2.11. The van der Waals surface area contributed by atoms with Crippen molar-refractivity contribution in [1.29, 1.82) is 5.26 Å². The van der Waals surface area contributed by atoms with Gasteiger partial charge in [-0.05, 0) is 18.2 Å². The topological polar surface area (TPSA) is 52.5 Å². The Kier molecular flexibility index (Phi) is 2.50. The molecule has 0 unspecified atom stereocenters. The van der Waals surface area contributed by atoms with Crippen molar-refractivity contribution in [3.8, 4) is 17.5 Å². The summed E-state index contributed by atoms with van der Waals surface area (Å²) in [7, 11) is 0. The lowest BCUT2D eigenvalue weighted by Crippen LogP contribution is -1.82. The lowest BCUT2D eigenvalue weighted by atomic mass is 10.1. The third-order valence-electron chi connectivity index (χ3n) is 2.77. The minimum absolute atomic E-state index is 0.0822. The van der Waals surface area contributed by atoms with Crippen molar-refractivity contribution in [2.45, 2.75) is 0 Å². The fourth-order valence-electron chi connectivity index (χ4n) is 1.91. The third kappa shape index (κ3) is 1.93. The number of aromatic amines is 1. The van der Waals surface area contributed by atoms with Gasteiger partial charge in [-0.2, -0.15) is 5.26 Å². The first-order valence-electron chi connectivity index (χ1n) is 5.52. The summed E-state index contributed by atoms with van der Waals surface area (Å²) in [5.41, 5.74) is 1.49. The number of nitrogens with one attached hydrogen (secondary N) is 1. The summed E-state index contributed by atoms with van der Waals surface area (Å²) < 4.78 is 26.6. The predicted molar refractivity (Wildman–Crippen MR) is 66.2 cm³/mol. The minimum atomic E-state index is -0.714. The average Bonchev–Trinajstić information content (AvgIpc) is 2.83. The summed E-state index contributed by atoms with van der Waals surface area (Å²) in [5, 5.41) is 8.84. The maximum absolute atomic E-state index is 13.5. The Hall–Kier alpha value is -2.74. The fourth-order valence-corrected chi connectivity index (χ4v) is 1.91. The second-order valence-corrected chi connectivity index (χ2v) is 4.06. The Morgan fingerprint density at radius 2 is 2.00 bits per heavy atom. The van der Waals surface area contributed by atoms with Crippen LogP contribution in [0.15, 0.2) is 36.4 Å². The van der Waals surface area contributed by atoms with Crippen molar-refractivity contribution < 1.29 is 8.78 Å². The molecule has 0 amide bonds. The zero-order valence-electron chi connectivity index (χ0n) is 9.61. The molecule has 1 N–H and O–H groups in total. The van der Waals surface area contributed by atoms with E-state index >= 15 is 0 Å². The number of hydrogen-bond donors (Lipinski definition) is 1. The molecule has 0 fully saturated rings. The van der Waals surface area contributed by atoms with E-state index in [4.69, 9.17) is 5.26 Å². The molecule has 0 radical (unpaired) electrons. The van der Waals surface area contributed by atoms with E-state index in [1.165, 1.54) is 6.07 Å². The van der Waals surface area contributed by atoms with Crippen molar-refractivity contribution in [1.82, 2.24) is 9.97 Å². The Morgan fingerprint density at radius 1 is 1.16 bits per heavy atom. The first kappa shape index (κ1) is 11.4. The average molecular weight is 255 g/mol. The van der Waals surface area contributed by atoms with Crippen molar-refractivity contribution in [2.24, 2.45) is 0 Å². The van der Waals surface area contributed by atoms with E-state index in [-0.39, 0.29) is 11.0 Å². The molecule has 0 spiro atoms. The van der Waals surface area contributed by atoms with E-state index in [1.807, 2.05) is 6.07 Å². The predicted octanol–water partition coefficient (Wildman–Crippen LogP) is 3.38. The van der Waals surface area contributed by atoms with Gasteiger partial charge in [0.25, 0.3) is 0 Å². The van der Waals surface area contributed by atoms with Gasteiger partial charge in [0.15, 0.2) is 5.82 Å². The molecular weight excluding hydrogens is 248 g/mol. The zero-order valence-corrected chi connectivity index (χ0v) is 9.61. The Balaban J connectivity index is 2.21. The number of hydrogen-bond acceptors (Lipinski definition) is 2. The van der Waals surface area contributed by atoms with Crippen molar-refractivity contribution in [2.75, 3.05) is 0 Å². The first-order valence-corrected chi connectivity index (χ1v) is 5.52. The lowest BCUT2D eigenvalue weighted by Gasteiger charge is -1.95. The van der Waals surface area contributed by atoms with Crippen LogP contribution in [0.25, 0.3) is 22.4 Å². The maximum atomic E-state index is 13.5. The second kappa shape index (κ2) is 4.18. The van der Waals surface area contributed by atoms with Crippen LogP contribution in [-0.4, -0.2) is 9.97 Å². The van der Waals surface area contributed by atoms with Crippen LogP contribution in [0, 0.1) is 23.0 Å². The largest absolute Gasteiger partial charge is 0.338 e. The third-order valence-corrected chi connectivity index (χ3v) is 2.77. The monoisotopic (exact) mass is 255 g/mol. The van der Waals surface area contributed by atoms with E-state index in [9.17, 15) is 8.78 Å². The smallest absolute Gasteiger partial charge is 0.153 e. The van der Waals surface area contributed by atoms with Crippen LogP contribution in [0.5, 0.6) is 0 Å². The lowest BCUT2D eigenvalue weighted by molar-refractivity contribution is 0.591. The van der Waals surface area contributed by atoms with Gasteiger partial charge in [0.1, 0.15) is 17.2 Å². The molecule has 3 nitrogen and oxygen atoms in total. The molecule has 3 aromatic rings. The van der Waals surface area contributed by atoms with Gasteiger partial charge in [-0.3, -0.25) is 0 Å². The maximum Gasteiger partial charge on any atom is 0.153 e. The van der Waals surface area contributed by atoms with Crippen molar-refractivity contribution in [3.05, 3.63) is 53.6 Å². The van der Waals surface area contributed by atoms with Crippen LogP contribution in [-0.2, 0) is 0 Å². The quantitative estimate of drug-likeness (QED) is 0.724. The second-order valence-electron chi connectivity index (χ2n) is 4.06. The number of nitriles is 1. The van der Waals surface area contributed by atoms with Crippen molar-refractivity contribution in [3.63, 3.8) is 0 Å². The number of halogens is 2. The molecule has 0 saturated carbocycles. The van der Waals surface area contributed by atoms with Gasteiger partial charge in [0, 0.05) is 11.6 Å². The summed E-state index contributed by atoms with van der Waals surface area (Å²) >= 11 is 0. The van der Waals surface area contributed by atoms with E-state index in [0.717, 1.165) is 6.07 Å². The highest BCUT2D eigenvalue weighted by molar-refractivity contribution is 5.80. The number of aromatic nitrogens is 2. The van der Waals surface area contributed by atoms with E-state index in [2.05, 4.69) is 9.97 Å². The normalized spacial score (nSPS) is 10.6. The van der Waals surface area contributed by atoms with Crippen LogP contribution >= 0.6 is 0 Å². The van der Waals surface area contributed by atoms with Crippen LogP contribution in [0.2, 0.25) is 0 Å². The molecule has 1 heterocycles. The summed E-state index contributed by atoms with van der Waals surface area (Å²) in [4.78, 5) is 6.94. The minimum Gasteiger partial charge on any atom is -0.338 e. The Labute approximate surface area is 107 Å². The fraction of sp³-hybridized carbons (Fsp3) is 0. The number of rotatable bonds is 1. The molecule has 0 saturated heterocycles. The Bertz CT molecular complexity index is 815. The summed E-state index contributed by atoms with van der Waals surface area (Å²) in [5.74, 6) is -0.975. The molecule has 2 aromatic carbocycles. The van der Waals surface area contributed by atoms with E-state index in [1.54, 1.807) is 24.3 Å². The number of nitrogens with zero attached hydrogens (tertiary/aromatic N) is 2. The molecular formula is C14H7F2N3. The van der Waals surface area contributed by atoms with E-state index in [0.29, 0.717) is 17.0 Å². The molecule has 5 heteroatoms.